The van der Waals surface area contributed by atoms with Gasteiger partial charge >= 0.3 is 0 Å². The molecule has 0 atom stereocenters. The van der Waals surface area contributed by atoms with E-state index in [4.69, 9.17) is 23.2 Å². The van der Waals surface area contributed by atoms with Crippen molar-refractivity contribution in [1.82, 2.24) is 4.98 Å². The number of nitrogens with zero attached hydrogens (tertiary/aromatic N) is 1. The smallest absolute Gasteiger partial charge is 0.146 e. The summed E-state index contributed by atoms with van der Waals surface area (Å²) in [5.41, 5.74) is 0.189. The van der Waals surface area contributed by atoms with E-state index < -0.39 is 5.82 Å². The summed E-state index contributed by atoms with van der Waals surface area (Å²) in [6.07, 6.45) is 0. The van der Waals surface area contributed by atoms with Crippen LogP contribution in [0.25, 0.3) is 0 Å². The third kappa shape index (κ3) is 1.58. The van der Waals surface area contributed by atoms with Crippen molar-refractivity contribution in [2.75, 3.05) is 0 Å². The van der Waals surface area contributed by atoms with Crippen LogP contribution >= 0.6 is 23.2 Å². The molecule has 0 aromatic carbocycles. The van der Waals surface area contributed by atoms with Crippen molar-refractivity contribution in [3.05, 3.63) is 28.8 Å². The van der Waals surface area contributed by atoms with Gasteiger partial charge in [-0.2, -0.15) is 0 Å². The van der Waals surface area contributed by atoms with E-state index in [9.17, 15) is 4.39 Å². The summed E-state index contributed by atoms with van der Waals surface area (Å²) < 4.78 is 12.6. The average molecular weight is 180 g/mol. The summed E-state index contributed by atoms with van der Waals surface area (Å²) in [4.78, 5) is 3.65. The Hall–Kier alpha value is -0.340. The van der Waals surface area contributed by atoms with Crippen molar-refractivity contribution < 1.29 is 4.39 Å². The highest BCUT2D eigenvalue weighted by atomic mass is 35.5. The quantitative estimate of drug-likeness (QED) is 0.478. The molecule has 0 unspecified atom stereocenters. The average Bonchev–Trinajstić information content (AvgIpc) is 1.94. The van der Waals surface area contributed by atoms with Crippen LogP contribution in [0, 0.1) is 5.82 Å². The van der Waals surface area contributed by atoms with Crippen molar-refractivity contribution in [3.63, 3.8) is 0 Å². The Morgan fingerprint density at radius 1 is 1.50 bits per heavy atom. The lowest BCUT2D eigenvalue weighted by Crippen LogP contribution is -1.90. The van der Waals surface area contributed by atoms with Gasteiger partial charge in [0.25, 0.3) is 0 Å². The summed E-state index contributed by atoms with van der Waals surface area (Å²) in [7, 11) is 0. The van der Waals surface area contributed by atoms with Crippen LogP contribution in [-0.2, 0) is 5.88 Å². The monoisotopic (exact) mass is 179 g/mol. The SMILES string of the molecule is Fc1ccc(Cl)nc1CCl. The Labute approximate surface area is 67.8 Å². The summed E-state index contributed by atoms with van der Waals surface area (Å²) in [5.74, 6) is -0.369. The van der Waals surface area contributed by atoms with Crippen LogP contribution in [0.1, 0.15) is 5.69 Å². The van der Waals surface area contributed by atoms with Gasteiger partial charge in [0.2, 0.25) is 0 Å². The van der Waals surface area contributed by atoms with Gasteiger partial charge in [0.15, 0.2) is 0 Å². The van der Waals surface area contributed by atoms with Crippen molar-refractivity contribution in [3.8, 4) is 0 Å². The lowest BCUT2D eigenvalue weighted by atomic mass is 10.4. The lowest BCUT2D eigenvalue weighted by Gasteiger charge is -1.95. The van der Waals surface area contributed by atoms with Crippen molar-refractivity contribution in [1.29, 1.82) is 0 Å². The maximum absolute atomic E-state index is 12.6. The molecule has 0 spiro atoms. The van der Waals surface area contributed by atoms with Gasteiger partial charge in [0, 0.05) is 0 Å². The Kier molecular flexibility index (Phi) is 2.46. The molecule has 10 heavy (non-hydrogen) atoms. The molecule has 1 aromatic heterocycles. The molecule has 0 aliphatic heterocycles. The third-order valence-electron chi connectivity index (χ3n) is 1.01. The maximum atomic E-state index is 12.6. The van der Waals surface area contributed by atoms with Crippen LogP contribution in [-0.4, -0.2) is 4.98 Å². The van der Waals surface area contributed by atoms with E-state index in [1.807, 2.05) is 0 Å². The van der Waals surface area contributed by atoms with E-state index in [1.165, 1.54) is 12.1 Å². The molecule has 54 valence electrons. The van der Waals surface area contributed by atoms with E-state index in [2.05, 4.69) is 4.98 Å². The van der Waals surface area contributed by atoms with E-state index in [1.54, 1.807) is 0 Å². The number of rotatable bonds is 1. The molecule has 0 N–H and O–H groups in total. The van der Waals surface area contributed by atoms with E-state index in [0.717, 1.165) is 0 Å². The molecule has 0 amide bonds. The minimum Gasteiger partial charge on any atom is -0.237 e. The highest BCUT2D eigenvalue weighted by Gasteiger charge is 2.01. The van der Waals surface area contributed by atoms with Crippen LogP contribution in [0.5, 0.6) is 0 Å². The fourth-order valence-electron chi connectivity index (χ4n) is 0.551. The summed E-state index contributed by atoms with van der Waals surface area (Å²) in [6, 6.07) is 2.62. The Morgan fingerprint density at radius 2 is 2.20 bits per heavy atom. The van der Waals surface area contributed by atoms with E-state index >= 15 is 0 Å². The summed E-state index contributed by atoms with van der Waals surface area (Å²) in [5, 5.41) is 0.261. The van der Waals surface area contributed by atoms with Crippen LogP contribution in [0.4, 0.5) is 4.39 Å². The number of alkyl halides is 1. The summed E-state index contributed by atoms with van der Waals surface area (Å²) >= 11 is 10.8. The van der Waals surface area contributed by atoms with Crippen LogP contribution in [0.2, 0.25) is 5.15 Å². The molecular formula is C6H4Cl2FN. The standard InChI is InChI=1S/C6H4Cl2FN/c7-3-5-4(9)1-2-6(8)10-5/h1-2H,3H2. The molecule has 4 heteroatoms. The fourth-order valence-corrected chi connectivity index (χ4v) is 0.904. The predicted octanol–water partition coefficient (Wildman–Crippen LogP) is 2.61. The second kappa shape index (κ2) is 3.17. The second-order valence-corrected chi connectivity index (χ2v) is 2.35. The van der Waals surface area contributed by atoms with Gasteiger partial charge < -0.3 is 0 Å². The largest absolute Gasteiger partial charge is 0.237 e. The first kappa shape index (κ1) is 7.76. The van der Waals surface area contributed by atoms with E-state index in [-0.39, 0.29) is 16.7 Å². The molecule has 0 aliphatic carbocycles. The number of hydrogen-bond acceptors (Lipinski definition) is 1. The molecule has 0 radical (unpaired) electrons. The van der Waals surface area contributed by atoms with Crippen LogP contribution in [0.15, 0.2) is 12.1 Å². The number of hydrogen-bond donors (Lipinski definition) is 0. The molecule has 1 rings (SSSR count). The molecule has 0 bridgehead atoms. The van der Waals surface area contributed by atoms with Gasteiger partial charge in [-0.1, -0.05) is 11.6 Å². The molecule has 1 heterocycles. The van der Waals surface area contributed by atoms with Gasteiger partial charge in [-0.25, -0.2) is 9.37 Å². The van der Waals surface area contributed by atoms with Crippen molar-refractivity contribution in [2.24, 2.45) is 0 Å². The van der Waals surface area contributed by atoms with Crippen LogP contribution in [0.3, 0.4) is 0 Å². The number of halogens is 3. The maximum Gasteiger partial charge on any atom is 0.146 e. The van der Waals surface area contributed by atoms with Gasteiger partial charge in [-0.05, 0) is 12.1 Å². The minimum absolute atomic E-state index is 0.0480. The summed E-state index contributed by atoms with van der Waals surface area (Å²) in [6.45, 7) is 0. The zero-order valence-electron chi connectivity index (χ0n) is 4.94. The Bertz CT molecular complexity index is 239. The number of aromatic nitrogens is 1. The molecule has 1 nitrogen and oxygen atoms in total. The Morgan fingerprint density at radius 3 is 2.70 bits per heavy atom. The highest BCUT2D eigenvalue weighted by Crippen LogP contribution is 2.11. The molecule has 0 fully saturated rings. The third-order valence-corrected chi connectivity index (χ3v) is 1.47. The first-order valence-electron chi connectivity index (χ1n) is 2.61. The normalized spacial score (nSPS) is 9.90. The lowest BCUT2D eigenvalue weighted by molar-refractivity contribution is 0.608. The zero-order valence-corrected chi connectivity index (χ0v) is 6.45. The van der Waals surface area contributed by atoms with Gasteiger partial charge in [0.05, 0.1) is 11.6 Å². The van der Waals surface area contributed by atoms with Crippen molar-refractivity contribution in [2.45, 2.75) is 5.88 Å². The van der Waals surface area contributed by atoms with E-state index in [0.29, 0.717) is 0 Å². The van der Waals surface area contributed by atoms with Crippen LogP contribution < -0.4 is 0 Å². The predicted molar refractivity (Wildman–Crippen MR) is 38.8 cm³/mol. The molecular weight excluding hydrogens is 176 g/mol. The topological polar surface area (TPSA) is 12.9 Å². The highest BCUT2D eigenvalue weighted by molar-refractivity contribution is 6.29. The first-order chi connectivity index (χ1) is 4.74. The van der Waals surface area contributed by atoms with Gasteiger partial charge in [-0.3, -0.25) is 0 Å². The molecule has 1 aromatic rings. The molecule has 0 saturated heterocycles. The van der Waals surface area contributed by atoms with Crippen molar-refractivity contribution >= 4 is 23.2 Å². The molecule has 0 aliphatic rings. The zero-order chi connectivity index (χ0) is 7.56. The molecule has 0 saturated carbocycles. The Balaban J connectivity index is 3.09. The van der Waals surface area contributed by atoms with Gasteiger partial charge in [0.1, 0.15) is 11.0 Å². The minimum atomic E-state index is -0.417. The fraction of sp³-hybridized carbons (Fsp3) is 0.167. The number of pyridine rings is 1. The van der Waals surface area contributed by atoms with Gasteiger partial charge in [-0.15, -0.1) is 11.6 Å². The first-order valence-corrected chi connectivity index (χ1v) is 3.52. The second-order valence-electron chi connectivity index (χ2n) is 1.70.